The number of nitrogens with one attached hydrogen (secondary N) is 1. The Balaban J connectivity index is 2.03. The molecule has 128 valence electrons. The topological polar surface area (TPSA) is 55.1 Å². The third-order valence-electron chi connectivity index (χ3n) is 3.73. The van der Waals surface area contributed by atoms with E-state index in [2.05, 4.69) is 10.5 Å². The van der Waals surface area contributed by atoms with Crippen molar-refractivity contribution < 1.29 is 18.1 Å². The zero-order valence-electron chi connectivity index (χ0n) is 13.4. The first-order valence-corrected chi connectivity index (χ1v) is 7.74. The number of hydrogen-bond acceptors (Lipinski definition) is 3. The largest absolute Gasteiger partial charge is 0.360 e. The van der Waals surface area contributed by atoms with E-state index in [-0.39, 0.29) is 27.6 Å². The summed E-state index contributed by atoms with van der Waals surface area (Å²) in [5.74, 6) is -1.36. The molecule has 4 nitrogen and oxygen atoms in total. The minimum Gasteiger partial charge on any atom is -0.360 e. The van der Waals surface area contributed by atoms with Gasteiger partial charge in [0, 0.05) is 5.69 Å². The van der Waals surface area contributed by atoms with E-state index >= 15 is 0 Å². The zero-order valence-corrected chi connectivity index (χ0v) is 14.1. The third-order valence-corrected chi connectivity index (χ3v) is 4.04. The molecular weight excluding hydrogens is 350 g/mol. The van der Waals surface area contributed by atoms with Crippen LogP contribution in [0.2, 0.25) is 5.02 Å². The number of hydrogen-bond donors (Lipinski definition) is 1. The Morgan fingerprint density at radius 1 is 1.20 bits per heavy atom. The summed E-state index contributed by atoms with van der Waals surface area (Å²) in [6, 6.07) is 8.15. The van der Waals surface area contributed by atoms with Crippen molar-refractivity contribution in [3.05, 3.63) is 69.9 Å². The maximum atomic E-state index is 14.2. The second-order valence-electron chi connectivity index (χ2n) is 5.47. The highest BCUT2D eigenvalue weighted by Gasteiger charge is 2.25. The lowest BCUT2D eigenvalue weighted by Crippen LogP contribution is -2.14. The number of benzene rings is 2. The molecule has 0 aliphatic carbocycles. The number of halogens is 3. The second kappa shape index (κ2) is 6.64. The lowest BCUT2D eigenvalue weighted by atomic mass is 10.0. The fourth-order valence-electron chi connectivity index (χ4n) is 2.49. The normalized spacial score (nSPS) is 10.8. The van der Waals surface area contributed by atoms with Crippen LogP contribution in [0, 0.1) is 25.5 Å². The first kappa shape index (κ1) is 17.1. The molecule has 1 aromatic heterocycles. The van der Waals surface area contributed by atoms with E-state index in [1.807, 2.05) is 0 Å². The molecule has 7 heteroatoms. The summed E-state index contributed by atoms with van der Waals surface area (Å²) in [5, 5.41) is 6.56. The van der Waals surface area contributed by atoms with Crippen LogP contribution in [0.1, 0.15) is 21.7 Å². The van der Waals surface area contributed by atoms with Crippen molar-refractivity contribution in [2.45, 2.75) is 13.8 Å². The Bertz CT molecular complexity index is 949. The summed E-state index contributed by atoms with van der Waals surface area (Å²) < 4.78 is 32.5. The molecule has 25 heavy (non-hydrogen) atoms. The van der Waals surface area contributed by atoms with Crippen LogP contribution >= 0.6 is 11.6 Å². The van der Waals surface area contributed by atoms with E-state index < -0.39 is 17.5 Å². The van der Waals surface area contributed by atoms with Crippen LogP contribution in [0.3, 0.4) is 0 Å². The number of amides is 1. The smallest absolute Gasteiger partial charge is 0.261 e. The molecule has 3 aromatic rings. The summed E-state index contributed by atoms with van der Waals surface area (Å²) in [5.41, 5.74) is 1.04. The van der Waals surface area contributed by atoms with E-state index in [0.717, 1.165) is 0 Å². The summed E-state index contributed by atoms with van der Waals surface area (Å²) in [7, 11) is 0. The van der Waals surface area contributed by atoms with Crippen molar-refractivity contribution in [3.63, 3.8) is 0 Å². The predicted octanol–water partition coefficient (Wildman–Crippen LogP) is 5.14. The summed E-state index contributed by atoms with van der Waals surface area (Å²) in [6.07, 6.45) is 0. The molecule has 3 rings (SSSR count). The van der Waals surface area contributed by atoms with Gasteiger partial charge in [0.25, 0.3) is 5.91 Å². The van der Waals surface area contributed by atoms with E-state index in [1.165, 1.54) is 43.3 Å². The molecule has 0 spiro atoms. The molecule has 0 radical (unpaired) electrons. The fourth-order valence-corrected chi connectivity index (χ4v) is 2.74. The number of carbonyl (C=O) groups is 1. The molecule has 0 saturated carbocycles. The van der Waals surface area contributed by atoms with Crippen LogP contribution in [0.25, 0.3) is 11.3 Å². The predicted molar refractivity (Wildman–Crippen MR) is 90.7 cm³/mol. The maximum absolute atomic E-state index is 14.2. The van der Waals surface area contributed by atoms with Gasteiger partial charge < -0.3 is 9.84 Å². The minimum absolute atomic E-state index is 0.0119. The van der Waals surface area contributed by atoms with Gasteiger partial charge in [-0.25, -0.2) is 8.78 Å². The summed E-state index contributed by atoms with van der Waals surface area (Å²) in [4.78, 5) is 12.7. The molecular formula is C18H13ClF2N2O2. The zero-order chi connectivity index (χ0) is 18.1. The molecule has 1 heterocycles. The van der Waals surface area contributed by atoms with Crippen molar-refractivity contribution in [2.75, 3.05) is 5.32 Å². The Labute approximate surface area is 147 Å². The van der Waals surface area contributed by atoms with Gasteiger partial charge in [-0.15, -0.1) is 0 Å². The van der Waals surface area contributed by atoms with Crippen LogP contribution in [0.5, 0.6) is 0 Å². The lowest BCUT2D eigenvalue weighted by Gasteiger charge is -2.09. The molecule has 0 fully saturated rings. The summed E-state index contributed by atoms with van der Waals surface area (Å²) in [6.45, 7) is 3.20. The Kier molecular flexibility index (Phi) is 4.55. The van der Waals surface area contributed by atoms with Gasteiger partial charge in [0.2, 0.25) is 0 Å². The number of anilines is 1. The van der Waals surface area contributed by atoms with Crippen molar-refractivity contribution in [1.82, 2.24) is 5.16 Å². The molecule has 2 aromatic carbocycles. The van der Waals surface area contributed by atoms with Crippen LogP contribution in [0.15, 0.2) is 40.9 Å². The van der Waals surface area contributed by atoms with Gasteiger partial charge in [0.05, 0.1) is 10.6 Å². The van der Waals surface area contributed by atoms with Gasteiger partial charge in [-0.2, -0.15) is 0 Å². The number of aryl methyl sites for hydroxylation is 2. The van der Waals surface area contributed by atoms with Gasteiger partial charge in [-0.3, -0.25) is 4.79 Å². The Morgan fingerprint density at radius 2 is 1.96 bits per heavy atom. The first-order valence-electron chi connectivity index (χ1n) is 7.36. The molecule has 1 N–H and O–H groups in total. The molecule has 0 bridgehead atoms. The number of rotatable bonds is 3. The number of aromatic nitrogens is 1. The minimum atomic E-state index is -0.618. The van der Waals surface area contributed by atoms with E-state index in [4.69, 9.17) is 16.1 Å². The molecule has 1 amide bonds. The Hall–Kier alpha value is -2.73. The standard InChI is InChI=1S/C18H13ClF2N2O2/c1-9-8-11(20)6-7-14(9)22-18(24)15-10(2)25-23-17(15)16-12(19)4-3-5-13(16)21/h3-8H,1-2H3,(H,22,24). The van der Waals surface area contributed by atoms with Gasteiger partial charge >= 0.3 is 0 Å². The van der Waals surface area contributed by atoms with Gasteiger partial charge in [0.1, 0.15) is 28.7 Å². The average Bonchev–Trinajstić information content (AvgIpc) is 2.91. The SMILES string of the molecule is Cc1cc(F)ccc1NC(=O)c1c(-c2c(F)cccc2Cl)noc1C. The van der Waals surface area contributed by atoms with Gasteiger partial charge in [-0.1, -0.05) is 22.8 Å². The number of carbonyl (C=O) groups excluding carboxylic acids is 1. The Morgan fingerprint density at radius 3 is 2.64 bits per heavy atom. The van der Waals surface area contributed by atoms with Crippen molar-refractivity contribution in [2.24, 2.45) is 0 Å². The van der Waals surface area contributed by atoms with E-state index in [9.17, 15) is 13.6 Å². The van der Waals surface area contributed by atoms with Crippen LogP contribution in [-0.2, 0) is 0 Å². The second-order valence-corrected chi connectivity index (χ2v) is 5.88. The first-order chi connectivity index (χ1) is 11.9. The highest BCUT2D eigenvalue weighted by molar-refractivity contribution is 6.33. The molecule has 0 saturated heterocycles. The molecule has 0 unspecified atom stereocenters. The average molecular weight is 363 g/mol. The molecule has 0 aliphatic heterocycles. The number of nitrogens with zero attached hydrogens (tertiary/aromatic N) is 1. The molecule has 0 atom stereocenters. The van der Waals surface area contributed by atoms with Crippen molar-refractivity contribution >= 4 is 23.2 Å². The highest BCUT2D eigenvalue weighted by atomic mass is 35.5. The van der Waals surface area contributed by atoms with Gasteiger partial charge in [-0.05, 0) is 49.7 Å². The quantitative estimate of drug-likeness (QED) is 0.701. The third kappa shape index (κ3) is 3.25. The highest BCUT2D eigenvalue weighted by Crippen LogP contribution is 2.33. The van der Waals surface area contributed by atoms with Crippen LogP contribution in [0.4, 0.5) is 14.5 Å². The molecule has 0 aliphatic rings. The monoisotopic (exact) mass is 362 g/mol. The lowest BCUT2D eigenvalue weighted by molar-refractivity contribution is 0.102. The van der Waals surface area contributed by atoms with E-state index in [1.54, 1.807) is 6.92 Å². The van der Waals surface area contributed by atoms with Crippen LogP contribution < -0.4 is 5.32 Å². The van der Waals surface area contributed by atoms with Crippen LogP contribution in [-0.4, -0.2) is 11.1 Å². The van der Waals surface area contributed by atoms with Gasteiger partial charge in [0.15, 0.2) is 0 Å². The maximum Gasteiger partial charge on any atom is 0.261 e. The van der Waals surface area contributed by atoms with Crippen molar-refractivity contribution in [1.29, 1.82) is 0 Å². The van der Waals surface area contributed by atoms with Crippen molar-refractivity contribution in [3.8, 4) is 11.3 Å². The fraction of sp³-hybridized carbons (Fsp3) is 0.111. The summed E-state index contributed by atoms with van der Waals surface area (Å²) >= 11 is 6.06. The van der Waals surface area contributed by atoms with E-state index in [0.29, 0.717) is 11.3 Å².